The number of nitrogens with one attached hydrogen (secondary N) is 3. The van der Waals surface area contributed by atoms with Crippen LogP contribution < -0.4 is 16.0 Å². The average molecular weight is 643 g/mol. The van der Waals surface area contributed by atoms with Gasteiger partial charge in [-0.05, 0) is 31.1 Å². The van der Waals surface area contributed by atoms with E-state index in [2.05, 4.69) is 48.5 Å². The second kappa shape index (κ2) is 33.6. The quantitative estimate of drug-likeness (QED) is 0.0415. The molecule has 0 aliphatic rings. The summed E-state index contributed by atoms with van der Waals surface area (Å²) in [5.74, 6) is 0.660. The standard InChI is InChI=1S/C38H82N4O3/c1-6-9-11-13-15-17-19-21-23-34(4)37(44)32-40-26-29-42(28-25-39-31-36(43)8-3)30-27-41-33-38(45)35(5)24-22-20-18-16-14-12-10-7-2/h34-41,43-45H,6-33H2,1-5H3. The Bertz CT molecular complexity index is 545. The Labute approximate surface area is 281 Å². The van der Waals surface area contributed by atoms with Crippen molar-refractivity contribution >= 4 is 0 Å². The predicted octanol–water partition coefficient (Wildman–Crippen LogP) is 6.88. The van der Waals surface area contributed by atoms with E-state index in [4.69, 9.17) is 0 Å². The van der Waals surface area contributed by atoms with E-state index in [0.717, 1.165) is 58.5 Å². The van der Waals surface area contributed by atoms with Gasteiger partial charge in [-0.3, -0.25) is 4.90 Å². The largest absolute Gasteiger partial charge is 0.392 e. The van der Waals surface area contributed by atoms with Crippen LogP contribution in [-0.4, -0.2) is 97.4 Å². The number of hydrogen-bond acceptors (Lipinski definition) is 7. The second-order valence-corrected chi connectivity index (χ2v) is 14.1. The summed E-state index contributed by atoms with van der Waals surface area (Å²) in [5.41, 5.74) is 0. The Morgan fingerprint density at radius 1 is 0.467 bits per heavy atom. The summed E-state index contributed by atoms with van der Waals surface area (Å²) in [5, 5.41) is 41.6. The van der Waals surface area contributed by atoms with E-state index >= 15 is 0 Å². The first kappa shape index (κ1) is 44.7. The van der Waals surface area contributed by atoms with Gasteiger partial charge < -0.3 is 31.3 Å². The van der Waals surface area contributed by atoms with E-state index in [-0.39, 0.29) is 18.3 Å². The minimum Gasteiger partial charge on any atom is -0.392 e. The molecule has 0 saturated heterocycles. The van der Waals surface area contributed by atoms with Gasteiger partial charge in [0.25, 0.3) is 0 Å². The van der Waals surface area contributed by atoms with Crippen LogP contribution in [0.15, 0.2) is 0 Å². The van der Waals surface area contributed by atoms with Crippen LogP contribution in [0.4, 0.5) is 0 Å². The molecule has 0 rings (SSSR count). The number of aliphatic hydroxyl groups excluding tert-OH is 3. The topological polar surface area (TPSA) is 100 Å². The van der Waals surface area contributed by atoms with Crippen LogP contribution in [0, 0.1) is 11.8 Å². The highest BCUT2D eigenvalue weighted by atomic mass is 16.3. The third-order valence-corrected chi connectivity index (χ3v) is 9.71. The van der Waals surface area contributed by atoms with E-state index in [0.29, 0.717) is 31.5 Å². The molecule has 0 aromatic carbocycles. The first-order valence-corrected chi connectivity index (χ1v) is 19.7. The highest BCUT2D eigenvalue weighted by Crippen LogP contribution is 2.16. The molecule has 0 aromatic heterocycles. The molecule has 0 bridgehead atoms. The molecule has 0 aromatic rings. The zero-order valence-electron chi connectivity index (χ0n) is 31.0. The van der Waals surface area contributed by atoms with Crippen molar-refractivity contribution in [2.45, 2.75) is 175 Å². The summed E-state index contributed by atoms with van der Waals surface area (Å²) in [6, 6.07) is 0. The van der Waals surface area contributed by atoms with Crippen molar-refractivity contribution in [1.82, 2.24) is 20.9 Å². The number of hydrogen-bond donors (Lipinski definition) is 6. The summed E-state index contributed by atoms with van der Waals surface area (Å²) in [6.45, 7) is 18.1. The maximum Gasteiger partial charge on any atom is 0.0690 e. The molecule has 272 valence electrons. The smallest absolute Gasteiger partial charge is 0.0690 e. The van der Waals surface area contributed by atoms with E-state index in [9.17, 15) is 15.3 Å². The monoisotopic (exact) mass is 643 g/mol. The SMILES string of the molecule is CCCCCCCCCCC(C)C(O)CNCCN(CCNCC(O)CC)CCNCC(O)C(C)CCCCCCCCCC. The van der Waals surface area contributed by atoms with Crippen LogP contribution in [-0.2, 0) is 0 Å². The van der Waals surface area contributed by atoms with Crippen LogP contribution in [0.5, 0.6) is 0 Å². The van der Waals surface area contributed by atoms with Gasteiger partial charge in [0.2, 0.25) is 0 Å². The van der Waals surface area contributed by atoms with Crippen molar-refractivity contribution in [2.75, 3.05) is 58.9 Å². The Balaban J connectivity index is 4.23. The normalized spacial score (nSPS) is 15.4. The van der Waals surface area contributed by atoms with Crippen molar-refractivity contribution < 1.29 is 15.3 Å². The molecule has 5 atom stereocenters. The average Bonchev–Trinajstić information content (AvgIpc) is 3.04. The number of rotatable bonds is 36. The van der Waals surface area contributed by atoms with Gasteiger partial charge in [0.05, 0.1) is 18.3 Å². The maximum atomic E-state index is 10.7. The lowest BCUT2D eigenvalue weighted by atomic mass is 9.96. The van der Waals surface area contributed by atoms with Gasteiger partial charge in [-0.1, -0.05) is 137 Å². The van der Waals surface area contributed by atoms with Crippen LogP contribution >= 0.6 is 0 Å². The van der Waals surface area contributed by atoms with Gasteiger partial charge in [0, 0.05) is 58.9 Å². The number of unbranched alkanes of at least 4 members (excludes halogenated alkanes) is 14. The van der Waals surface area contributed by atoms with Gasteiger partial charge >= 0.3 is 0 Å². The van der Waals surface area contributed by atoms with Gasteiger partial charge in [-0.15, -0.1) is 0 Å². The summed E-state index contributed by atoms with van der Waals surface area (Å²) in [6.07, 6.45) is 23.4. The van der Waals surface area contributed by atoms with Crippen LogP contribution in [0.3, 0.4) is 0 Å². The molecule has 0 heterocycles. The Morgan fingerprint density at radius 2 is 0.800 bits per heavy atom. The van der Waals surface area contributed by atoms with Crippen molar-refractivity contribution in [3.63, 3.8) is 0 Å². The zero-order valence-corrected chi connectivity index (χ0v) is 31.0. The lowest BCUT2D eigenvalue weighted by Crippen LogP contribution is -2.43. The van der Waals surface area contributed by atoms with E-state index in [1.165, 1.54) is 103 Å². The van der Waals surface area contributed by atoms with Crippen molar-refractivity contribution in [1.29, 1.82) is 0 Å². The van der Waals surface area contributed by atoms with E-state index in [1.807, 2.05) is 6.92 Å². The van der Waals surface area contributed by atoms with Gasteiger partial charge in [0.15, 0.2) is 0 Å². The third kappa shape index (κ3) is 29.6. The number of aliphatic hydroxyl groups is 3. The minimum atomic E-state index is -0.295. The molecule has 0 saturated carbocycles. The van der Waals surface area contributed by atoms with E-state index in [1.54, 1.807) is 0 Å². The molecule has 6 N–H and O–H groups in total. The molecule has 0 fully saturated rings. The molecular formula is C38H82N4O3. The molecule has 7 heteroatoms. The van der Waals surface area contributed by atoms with Gasteiger partial charge in [-0.25, -0.2) is 0 Å². The lowest BCUT2D eigenvalue weighted by molar-refractivity contribution is 0.106. The fourth-order valence-electron chi connectivity index (χ4n) is 5.95. The Hall–Kier alpha value is -0.280. The fraction of sp³-hybridized carbons (Fsp3) is 1.00. The number of nitrogens with zero attached hydrogens (tertiary/aromatic N) is 1. The first-order chi connectivity index (χ1) is 21.8. The summed E-state index contributed by atoms with van der Waals surface area (Å²) < 4.78 is 0. The van der Waals surface area contributed by atoms with Crippen molar-refractivity contribution in [3.05, 3.63) is 0 Å². The summed E-state index contributed by atoms with van der Waals surface area (Å²) in [4.78, 5) is 2.43. The van der Waals surface area contributed by atoms with Crippen molar-refractivity contribution in [3.8, 4) is 0 Å². The van der Waals surface area contributed by atoms with Crippen LogP contribution in [0.1, 0.15) is 157 Å². The highest BCUT2D eigenvalue weighted by Gasteiger charge is 2.15. The predicted molar refractivity (Wildman–Crippen MR) is 196 cm³/mol. The van der Waals surface area contributed by atoms with Gasteiger partial charge in [0.1, 0.15) is 0 Å². The second-order valence-electron chi connectivity index (χ2n) is 14.1. The molecule has 0 radical (unpaired) electrons. The van der Waals surface area contributed by atoms with Gasteiger partial charge in [-0.2, -0.15) is 0 Å². The molecule has 0 spiro atoms. The van der Waals surface area contributed by atoms with Crippen LogP contribution in [0.2, 0.25) is 0 Å². The maximum absolute atomic E-state index is 10.7. The first-order valence-electron chi connectivity index (χ1n) is 19.7. The summed E-state index contributed by atoms with van der Waals surface area (Å²) in [7, 11) is 0. The molecule has 0 amide bonds. The lowest BCUT2D eigenvalue weighted by Gasteiger charge is -2.25. The highest BCUT2D eigenvalue weighted by molar-refractivity contribution is 4.72. The third-order valence-electron chi connectivity index (χ3n) is 9.71. The summed E-state index contributed by atoms with van der Waals surface area (Å²) >= 11 is 0. The minimum absolute atomic E-state index is 0.287. The molecular weight excluding hydrogens is 560 g/mol. The fourth-order valence-corrected chi connectivity index (χ4v) is 5.95. The Kier molecular flexibility index (Phi) is 33.4. The van der Waals surface area contributed by atoms with Crippen LogP contribution in [0.25, 0.3) is 0 Å². The van der Waals surface area contributed by atoms with E-state index < -0.39 is 0 Å². The molecule has 45 heavy (non-hydrogen) atoms. The molecule has 7 nitrogen and oxygen atoms in total. The zero-order chi connectivity index (χ0) is 33.4. The Morgan fingerprint density at radius 3 is 1.16 bits per heavy atom. The molecule has 0 aliphatic heterocycles. The van der Waals surface area contributed by atoms with Crippen molar-refractivity contribution in [2.24, 2.45) is 11.8 Å². The molecule has 0 aliphatic carbocycles. The molecule has 5 unspecified atom stereocenters.